The van der Waals surface area contributed by atoms with E-state index >= 15 is 0 Å². The zero-order chi connectivity index (χ0) is 19.0. The van der Waals surface area contributed by atoms with Crippen LogP contribution in [0.5, 0.6) is 0 Å². The highest BCUT2D eigenvalue weighted by Gasteiger charge is 2.40. The summed E-state index contributed by atoms with van der Waals surface area (Å²) in [5.41, 5.74) is 1.47. The van der Waals surface area contributed by atoms with Gasteiger partial charge in [0.15, 0.2) is 0 Å². The van der Waals surface area contributed by atoms with Crippen LogP contribution in [0.4, 0.5) is 5.69 Å². The molecule has 1 heterocycles. The molecule has 3 atom stereocenters. The first-order chi connectivity index (χ1) is 12.9. The number of rotatable bonds is 5. The van der Waals surface area contributed by atoms with Crippen LogP contribution in [-0.2, 0) is 19.6 Å². The Bertz CT molecular complexity index is 817. The fraction of sp³-hybridized carbons (Fsp3) is 0.650. The molecule has 0 spiro atoms. The van der Waals surface area contributed by atoms with Gasteiger partial charge in [-0.05, 0) is 61.6 Å². The summed E-state index contributed by atoms with van der Waals surface area (Å²) in [6, 6.07) is 4.98. The number of sulfonamides is 1. The van der Waals surface area contributed by atoms with E-state index < -0.39 is 10.0 Å². The van der Waals surface area contributed by atoms with Gasteiger partial charge in [-0.2, -0.15) is 4.31 Å². The van der Waals surface area contributed by atoms with Crippen molar-refractivity contribution in [2.24, 2.45) is 17.8 Å². The van der Waals surface area contributed by atoms with Crippen LogP contribution in [0.3, 0.4) is 0 Å². The Morgan fingerprint density at radius 1 is 1.22 bits per heavy atom. The molecule has 4 rings (SSSR count). The highest BCUT2D eigenvalue weighted by Crippen LogP contribution is 2.49. The molecule has 3 aliphatic rings. The Kier molecular flexibility index (Phi) is 5.27. The molecule has 148 valence electrons. The van der Waals surface area contributed by atoms with Gasteiger partial charge < -0.3 is 10.1 Å². The first kappa shape index (κ1) is 18.9. The molecule has 1 amide bonds. The SMILES string of the molecule is Cc1ccc(S(=O)(=O)N2CCOCC2)cc1NC(=O)CC1CC2CCC1C2. The Morgan fingerprint density at radius 2 is 2.00 bits per heavy atom. The Labute approximate surface area is 161 Å². The standard InChI is InChI=1S/C20H28N2O4S/c1-14-2-5-18(27(24,25)22-6-8-26-9-7-22)13-19(14)21-20(23)12-17-11-15-3-4-16(17)10-15/h2,5,13,15-17H,3-4,6-12H2,1H3,(H,21,23). The number of carbonyl (C=O) groups is 1. The monoisotopic (exact) mass is 392 g/mol. The maximum absolute atomic E-state index is 12.9. The summed E-state index contributed by atoms with van der Waals surface area (Å²) in [5, 5.41) is 2.97. The van der Waals surface area contributed by atoms with Crippen molar-refractivity contribution in [1.29, 1.82) is 0 Å². The number of aryl methyl sites for hydroxylation is 1. The van der Waals surface area contributed by atoms with E-state index in [9.17, 15) is 13.2 Å². The number of carbonyl (C=O) groups excluding carboxylic acids is 1. The normalized spacial score (nSPS) is 28.4. The molecule has 3 unspecified atom stereocenters. The fourth-order valence-electron chi connectivity index (χ4n) is 4.90. The number of hydrogen-bond donors (Lipinski definition) is 1. The highest BCUT2D eigenvalue weighted by molar-refractivity contribution is 7.89. The second-order valence-electron chi connectivity index (χ2n) is 8.18. The lowest BCUT2D eigenvalue weighted by Gasteiger charge is -2.26. The third-order valence-electron chi connectivity index (χ3n) is 6.42. The van der Waals surface area contributed by atoms with Crippen molar-refractivity contribution >= 4 is 21.6 Å². The van der Waals surface area contributed by atoms with Crippen molar-refractivity contribution in [2.45, 2.75) is 43.9 Å². The van der Waals surface area contributed by atoms with E-state index in [-0.39, 0.29) is 10.8 Å². The van der Waals surface area contributed by atoms with E-state index in [2.05, 4.69) is 5.32 Å². The van der Waals surface area contributed by atoms with Gasteiger partial charge in [0.1, 0.15) is 0 Å². The smallest absolute Gasteiger partial charge is 0.243 e. The minimum Gasteiger partial charge on any atom is -0.379 e. The average molecular weight is 393 g/mol. The zero-order valence-electron chi connectivity index (χ0n) is 15.8. The molecule has 6 nitrogen and oxygen atoms in total. The van der Waals surface area contributed by atoms with Crippen LogP contribution in [-0.4, -0.2) is 44.9 Å². The molecule has 3 fully saturated rings. The van der Waals surface area contributed by atoms with Crippen molar-refractivity contribution < 1.29 is 17.9 Å². The highest BCUT2D eigenvalue weighted by atomic mass is 32.2. The number of nitrogens with one attached hydrogen (secondary N) is 1. The Balaban J connectivity index is 1.46. The maximum atomic E-state index is 12.9. The summed E-state index contributed by atoms with van der Waals surface area (Å²) in [6.07, 6.45) is 5.58. The van der Waals surface area contributed by atoms with E-state index in [1.165, 1.54) is 30.0 Å². The number of amides is 1. The van der Waals surface area contributed by atoms with E-state index in [0.29, 0.717) is 50.2 Å². The fourth-order valence-corrected chi connectivity index (χ4v) is 6.33. The second-order valence-corrected chi connectivity index (χ2v) is 10.1. The molecule has 2 aliphatic carbocycles. The summed E-state index contributed by atoms with van der Waals surface area (Å²) < 4.78 is 32.4. The summed E-state index contributed by atoms with van der Waals surface area (Å²) in [7, 11) is -3.56. The van der Waals surface area contributed by atoms with Gasteiger partial charge in [0.2, 0.25) is 15.9 Å². The predicted octanol–water partition coefficient (Wildman–Crippen LogP) is 2.78. The molecule has 1 aliphatic heterocycles. The molecule has 2 bridgehead atoms. The van der Waals surface area contributed by atoms with E-state index in [4.69, 9.17) is 4.74 Å². The number of benzene rings is 1. The molecule has 1 aromatic carbocycles. The minimum atomic E-state index is -3.56. The lowest BCUT2D eigenvalue weighted by molar-refractivity contribution is -0.117. The molecular formula is C20H28N2O4S. The van der Waals surface area contributed by atoms with Crippen LogP contribution in [0.25, 0.3) is 0 Å². The summed E-state index contributed by atoms with van der Waals surface area (Å²) in [4.78, 5) is 12.8. The number of ether oxygens (including phenoxy) is 1. The number of anilines is 1. The molecule has 1 N–H and O–H groups in total. The van der Waals surface area contributed by atoms with E-state index in [0.717, 1.165) is 11.5 Å². The van der Waals surface area contributed by atoms with Crippen molar-refractivity contribution in [3.8, 4) is 0 Å². The third-order valence-corrected chi connectivity index (χ3v) is 8.32. The van der Waals surface area contributed by atoms with Crippen molar-refractivity contribution in [3.63, 3.8) is 0 Å². The summed E-state index contributed by atoms with van der Waals surface area (Å²) in [5.74, 6) is 2.01. The molecule has 7 heteroatoms. The van der Waals surface area contributed by atoms with Gasteiger partial charge >= 0.3 is 0 Å². The van der Waals surface area contributed by atoms with Crippen LogP contribution in [0.1, 0.15) is 37.7 Å². The molecule has 0 radical (unpaired) electrons. The third kappa shape index (κ3) is 3.91. The molecular weight excluding hydrogens is 364 g/mol. The lowest BCUT2D eigenvalue weighted by atomic mass is 9.86. The zero-order valence-corrected chi connectivity index (χ0v) is 16.6. The summed E-state index contributed by atoms with van der Waals surface area (Å²) >= 11 is 0. The van der Waals surface area contributed by atoms with Gasteiger partial charge in [-0.1, -0.05) is 12.5 Å². The topological polar surface area (TPSA) is 75.7 Å². The van der Waals surface area contributed by atoms with Crippen molar-refractivity contribution in [1.82, 2.24) is 4.31 Å². The van der Waals surface area contributed by atoms with Gasteiger partial charge in [-0.15, -0.1) is 0 Å². The molecule has 2 saturated carbocycles. The van der Waals surface area contributed by atoms with Gasteiger partial charge in [0, 0.05) is 25.2 Å². The Hall–Kier alpha value is -1.44. The minimum absolute atomic E-state index is 0.00318. The first-order valence-corrected chi connectivity index (χ1v) is 11.4. The van der Waals surface area contributed by atoms with Crippen molar-refractivity contribution in [2.75, 3.05) is 31.6 Å². The summed E-state index contributed by atoms with van der Waals surface area (Å²) in [6.45, 7) is 3.44. The second kappa shape index (κ2) is 7.53. The number of morpholine rings is 1. The van der Waals surface area contributed by atoms with Crippen molar-refractivity contribution in [3.05, 3.63) is 23.8 Å². The molecule has 27 heavy (non-hydrogen) atoms. The quantitative estimate of drug-likeness (QED) is 0.836. The molecule has 0 aromatic heterocycles. The van der Waals surface area contributed by atoms with E-state index in [1.807, 2.05) is 6.92 Å². The van der Waals surface area contributed by atoms with Crippen LogP contribution < -0.4 is 5.32 Å². The van der Waals surface area contributed by atoms with Crippen LogP contribution in [0.2, 0.25) is 0 Å². The van der Waals surface area contributed by atoms with Gasteiger partial charge in [0.05, 0.1) is 18.1 Å². The molecule has 1 saturated heterocycles. The molecule has 1 aromatic rings. The lowest BCUT2D eigenvalue weighted by Crippen LogP contribution is -2.40. The average Bonchev–Trinajstić information content (AvgIpc) is 3.27. The number of hydrogen-bond acceptors (Lipinski definition) is 4. The van der Waals surface area contributed by atoms with E-state index in [1.54, 1.807) is 18.2 Å². The van der Waals surface area contributed by atoms with Crippen LogP contribution >= 0.6 is 0 Å². The number of fused-ring (bicyclic) bond motifs is 2. The Morgan fingerprint density at radius 3 is 2.67 bits per heavy atom. The number of nitrogens with zero attached hydrogens (tertiary/aromatic N) is 1. The van der Waals surface area contributed by atoms with Gasteiger partial charge in [-0.3, -0.25) is 4.79 Å². The van der Waals surface area contributed by atoms with Gasteiger partial charge in [-0.25, -0.2) is 8.42 Å². The largest absolute Gasteiger partial charge is 0.379 e. The first-order valence-electron chi connectivity index (χ1n) is 9.92. The predicted molar refractivity (Wildman–Crippen MR) is 103 cm³/mol. The van der Waals surface area contributed by atoms with Crippen LogP contribution in [0, 0.1) is 24.7 Å². The van der Waals surface area contributed by atoms with Gasteiger partial charge in [0.25, 0.3) is 0 Å². The van der Waals surface area contributed by atoms with Crippen LogP contribution in [0.15, 0.2) is 23.1 Å². The maximum Gasteiger partial charge on any atom is 0.243 e.